The number of benzene rings is 1. The van der Waals surface area contributed by atoms with E-state index >= 15 is 0 Å². The first kappa shape index (κ1) is 19.2. The Morgan fingerprint density at radius 1 is 1.26 bits per heavy atom. The highest BCUT2D eigenvalue weighted by Gasteiger charge is 2.45. The summed E-state index contributed by atoms with van der Waals surface area (Å²) < 4.78 is 10.6. The summed E-state index contributed by atoms with van der Waals surface area (Å²) >= 11 is 0. The van der Waals surface area contributed by atoms with Gasteiger partial charge in [-0.1, -0.05) is 19.9 Å². The Kier molecular flexibility index (Phi) is 5.39. The van der Waals surface area contributed by atoms with Gasteiger partial charge in [0.25, 0.3) is 5.91 Å². The van der Waals surface area contributed by atoms with Gasteiger partial charge in [0.05, 0.1) is 18.9 Å². The number of anilines is 1. The first-order chi connectivity index (χ1) is 12.8. The molecule has 0 fully saturated rings. The van der Waals surface area contributed by atoms with Gasteiger partial charge in [-0.2, -0.15) is 0 Å². The van der Waals surface area contributed by atoms with Crippen molar-refractivity contribution < 1.29 is 23.9 Å². The van der Waals surface area contributed by atoms with E-state index in [0.717, 1.165) is 5.56 Å². The lowest BCUT2D eigenvalue weighted by molar-refractivity contribution is -0.145. The van der Waals surface area contributed by atoms with Crippen LogP contribution in [0.1, 0.15) is 49.0 Å². The van der Waals surface area contributed by atoms with E-state index in [4.69, 9.17) is 9.47 Å². The third-order valence-corrected chi connectivity index (χ3v) is 4.94. The van der Waals surface area contributed by atoms with Crippen LogP contribution in [0.4, 0.5) is 10.5 Å². The maximum absolute atomic E-state index is 12.9. The zero-order chi connectivity index (χ0) is 19.7. The fraction of sp³-hybridized carbons (Fsp3) is 0.550. The zero-order valence-corrected chi connectivity index (χ0v) is 16.2. The summed E-state index contributed by atoms with van der Waals surface area (Å²) in [7, 11) is 1.75. The van der Waals surface area contributed by atoms with Crippen molar-refractivity contribution in [3.8, 4) is 0 Å². The fourth-order valence-corrected chi connectivity index (χ4v) is 3.80. The van der Waals surface area contributed by atoms with E-state index < -0.39 is 18.1 Å². The minimum atomic E-state index is -0.765. The van der Waals surface area contributed by atoms with Gasteiger partial charge in [0.1, 0.15) is 6.04 Å². The van der Waals surface area contributed by atoms with Crippen molar-refractivity contribution in [1.82, 2.24) is 4.90 Å². The predicted octanol–water partition coefficient (Wildman–Crippen LogP) is 2.79. The van der Waals surface area contributed by atoms with Crippen LogP contribution >= 0.6 is 0 Å². The summed E-state index contributed by atoms with van der Waals surface area (Å²) in [4.78, 5) is 41.1. The van der Waals surface area contributed by atoms with Crippen molar-refractivity contribution >= 4 is 23.7 Å². The van der Waals surface area contributed by atoms with Crippen LogP contribution in [0.5, 0.6) is 0 Å². The van der Waals surface area contributed by atoms with E-state index in [1.807, 2.05) is 13.8 Å². The topological polar surface area (TPSA) is 76.2 Å². The molecule has 0 saturated heterocycles. The van der Waals surface area contributed by atoms with Crippen molar-refractivity contribution in [3.63, 3.8) is 0 Å². The van der Waals surface area contributed by atoms with Gasteiger partial charge >= 0.3 is 12.1 Å². The van der Waals surface area contributed by atoms with Gasteiger partial charge in [-0.05, 0) is 37.0 Å². The van der Waals surface area contributed by atoms with Crippen LogP contribution in [0.2, 0.25) is 0 Å². The Morgan fingerprint density at radius 3 is 2.67 bits per heavy atom. The van der Waals surface area contributed by atoms with Gasteiger partial charge in [-0.25, -0.2) is 9.59 Å². The molecule has 0 aliphatic carbocycles. The second-order valence-corrected chi connectivity index (χ2v) is 7.47. The van der Waals surface area contributed by atoms with Gasteiger partial charge in [0.2, 0.25) is 0 Å². The molecule has 7 heteroatoms. The first-order valence-electron chi connectivity index (χ1n) is 9.36. The van der Waals surface area contributed by atoms with Crippen molar-refractivity contribution in [1.29, 1.82) is 0 Å². The largest absolute Gasteiger partial charge is 0.464 e. The van der Waals surface area contributed by atoms with Crippen LogP contribution in [0.25, 0.3) is 0 Å². The van der Waals surface area contributed by atoms with E-state index in [1.165, 1.54) is 4.90 Å². The number of carbonyl (C=O) groups excluding carboxylic acids is 3. The molecule has 0 spiro atoms. The number of ether oxygens (including phenoxy) is 2. The van der Waals surface area contributed by atoms with Gasteiger partial charge in [-0.3, -0.25) is 9.69 Å². The molecule has 1 aromatic carbocycles. The molecule has 27 heavy (non-hydrogen) atoms. The molecular weight excluding hydrogens is 348 g/mol. The molecule has 0 radical (unpaired) electrons. The highest BCUT2D eigenvalue weighted by atomic mass is 16.6. The highest BCUT2D eigenvalue weighted by molar-refractivity contribution is 6.03. The number of esters is 1. The Labute approximate surface area is 159 Å². The zero-order valence-electron chi connectivity index (χ0n) is 16.2. The van der Waals surface area contributed by atoms with Gasteiger partial charge in [0.15, 0.2) is 0 Å². The standard InChI is InChI=1S/C20H26N2O5/c1-5-26-19(24)16-9-13-10-21(4)18(23)14-7-6-8-15(17(13)14)22(16)20(25)27-11-12(2)3/h6-8,12-13,16H,5,9-11H2,1-4H3/t13-,16-/m0/s1. The van der Waals surface area contributed by atoms with Crippen LogP contribution in [-0.2, 0) is 14.3 Å². The summed E-state index contributed by atoms with van der Waals surface area (Å²) in [5.41, 5.74) is 1.97. The summed E-state index contributed by atoms with van der Waals surface area (Å²) in [6.45, 7) is 6.63. The molecule has 1 aromatic rings. The molecule has 0 aromatic heterocycles. The van der Waals surface area contributed by atoms with Crippen molar-refractivity contribution in [3.05, 3.63) is 29.3 Å². The van der Waals surface area contributed by atoms with Crippen molar-refractivity contribution in [2.24, 2.45) is 5.92 Å². The Morgan fingerprint density at radius 2 is 2.00 bits per heavy atom. The molecule has 0 unspecified atom stereocenters. The van der Waals surface area contributed by atoms with Crippen LogP contribution in [0, 0.1) is 5.92 Å². The number of likely N-dealkylation sites (N-methyl/N-ethyl adjacent to an activating group) is 1. The molecular formula is C20H26N2O5. The van der Waals surface area contributed by atoms with Crippen molar-refractivity contribution in [2.75, 3.05) is 31.7 Å². The monoisotopic (exact) mass is 374 g/mol. The number of carbonyl (C=O) groups is 3. The molecule has 2 aliphatic heterocycles. The lowest BCUT2D eigenvalue weighted by atomic mass is 9.80. The van der Waals surface area contributed by atoms with Crippen LogP contribution in [0.3, 0.4) is 0 Å². The average molecular weight is 374 g/mol. The molecule has 0 bridgehead atoms. The molecule has 2 amide bonds. The third kappa shape index (κ3) is 3.50. The van der Waals surface area contributed by atoms with E-state index in [2.05, 4.69) is 0 Å². The normalized spacial score (nSPS) is 21.1. The number of hydrogen-bond donors (Lipinski definition) is 0. The molecule has 3 rings (SSSR count). The van der Waals surface area contributed by atoms with Crippen molar-refractivity contribution in [2.45, 2.75) is 39.2 Å². The lowest BCUT2D eigenvalue weighted by Crippen LogP contribution is -2.53. The summed E-state index contributed by atoms with van der Waals surface area (Å²) in [6, 6.07) is 4.51. The van der Waals surface area contributed by atoms with Gasteiger partial charge in [-0.15, -0.1) is 0 Å². The second kappa shape index (κ2) is 7.58. The number of nitrogens with zero attached hydrogens (tertiary/aromatic N) is 2. The molecule has 2 atom stereocenters. The maximum atomic E-state index is 12.9. The van der Waals surface area contributed by atoms with Gasteiger partial charge < -0.3 is 14.4 Å². The maximum Gasteiger partial charge on any atom is 0.415 e. The molecule has 7 nitrogen and oxygen atoms in total. The highest BCUT2D eigenvalue weighted by Crippen LogP contribution is 2.44. The SMILES string of the molecule is CCOC(=O)[C@@H]1C[C@H]2CN(C)C(=O)c3cccc(c32)N1C(=O)OCC(C)C. The molecule has 0 saturated carbocycles. The quantitative estimate of drug-likeness (QED) is 0.758. The van der Waals surface area contributed by atoms with Crippen LogP contribution in [0.15, 0.2) is 18.2 Å². The molecule has 0 N–H and O–H groups in total. The van der Waals surface area contributed by atoms with E-state index in [9.17, 15) is 14.4 Å². The third-order valence-electron chi connectivity index (χ3n) is 4.94. The molecule has 2 heterocycles. The Balaban J connectivity index is 2.06. The first-order valence-corrected chi connectivity index (χ1v) is 9.36. The molecule has 146 valence electrons. The Bertz CT molecular complexity index is 761. The van der Waals surface area contributed by atoms with Crippen LogP contribution in [-0.4, -0.2) is 55.7 Å². The number of rotatable bonds is 4. The van der Waals surface area contributed by atoms with E-state index in [1.54, 1.807) is 37.1 Å². The minimum absolute atomic E-state index is 0.0255. The predicted molar refractivity (Wildman–Crippen MR) is 99.8 cm³/mol. The Hall–Kier alpha value is -2.57. The number of amides is 2. The van der Waals surface area contributed by atoms with E-state index in [-0.39, 0.29) is 31.0 Å². The summed E-state index contributed by atoms with van der Waals surface area (Å²) in [6.07, 6.45) is -0.183. The fourth-order valence-electron chi connectivity index (χ4n) is 3.80. The lowest BCUT2D eigenvalue weighted by Gasteiger charge is -2.43. The second-order valence-electron chi connectivity index (χ2n) is 7.47. The summed E-state index contributed by atoms with van der Waals surface area (Å²) in [5, 5.41) is 0. The minimum Gasteiger partial charge on any atom is -0.464 e. The average Bonchev–Trinajstić information content (AvgIpc) is 2.63. The smallest absolute Gasteiger partial charge is 0.415 e. The van der Waals surface area contributed by atoms with Crippen LogP contribution < -0.4 is 4.90 Å². The summed E-state index contributed by atoms with van der Waals surface area (Å²) in [5.74, 6) is -0.377. The molecule has 2 aliphatic rings. The van der Waals surface area contributed by atoms with E-state index in [0.29, 0.717) is 24.2 Å². The number of hydrogen-bond acceptors (Lipinski definition) is 5. The van der Waals surface area contributed by atoms with Gasteiger partial charge in [0, 0.05) is 25.1 Å².